The van der Waals surface area contributed by atoms with Crippen molar-refractivity contribution < 1.29 is 4.52 Å². The van der Waals surface area contributed by atoms with Crippen molar-refractivity contribution in [1.82, 2.24) is 19.7 Å². The number of thioether (sulfide) groups is 1. The van der Waals surface area contributed by atoms with E-state index in [0.29, 0.717) is 17.5 Å². The van der Waals surface area contributed by atoms with Crippen LogP contribution in [0.2, 0.25) is 0 Å². The van der Waals surface area contributed by atoms with E-state index in [4.69, 9.17) is 4.52 Å². The van der Waals surface area contributed by atoms with Crippen LogP contribution < -0.4 is 0 Å². The van der Waals surface area contributed by atoms with Gasteiger partial charge >= 0.3 is 0 Å². The lowest BCUT2D eigenvalue weighted by Crippen LogP contribution is -2.00. The number of hydrogen-bond acceptors (Lipinski definition) is 5. The quantitative estimate of drug-likeness (QED) is 0.432. The molecule has 4 rings (SSSR count). The van der Waals surface area contributed by atoms with Gasteiger partial charge in [0, 0.05) is 24.5 Å². The fourth-order valence-corrected chi connectivity index (χ4v) is 3.58. The van der Waals surface area contributed by atoms with Crippen molar-refractivity contribution in [2.24, 2.45) is 0 Å². The molecular formula is C21H20N4OS. The normalized spacial score (nSPS) is 11.0. The van der Waals surface area contributed by atoms with Crippen LogP contribution in [-0.4, -0.2) is 19.7 Å². The van der Waals surface area contributed by atoms with Crippen molar-refractivity contribution in [1.29, 1.82) is 0 Å². The fraction of sp³-hybridized carbons (Fsp3) is 0.190. The number of hydrogen-bond donors (Lipinski definition) is 0. The smallest absolute Gasteiger partial charge is 0.237 e. The average Bonchev–Trinajstić information content (AvgIpc) is 3.37. The first-order valence-corrected chi connectivity index (χ1v) is 9.90. The zero-order valence-electron chi connectivity index (χ0n) is 15.1. The van der Waals surface area contributed by atoms with E-state index in [1.807, 2.05) is 42.7 Å². The maximum atomic E-state index is 5.41. The number of aromatic nitrogens is 4. The molecule has 0 N–H and O–H groups in total. The minimum Gasteiger partial charge on any atom is -0.338 e. The summed E-state index contributed by atoms with van der Waals surface area (Å²) in [5, 5.41) is 5.04. The molecule has 0 atom stereocenters. The molecule has 6 heteroatoms. The highest BCUT2D eigenvalue weighted by Gasteiger charge is 2.11. The summed E-state index contributed by atoms with van der Waals surface area (Å²) in [6.45, 7) is 2.93. The first-order chi connectivity index (χ1) is 13.3. The van der Waals surface area contributed by atoms with Gasteiger partial charge in [0.1, 0.15) is 0 Å². The second kappa shape index (κ2) is 8.22. The highest BCUT2D eigenvalue weighted by atomic mass is 32.2. The molecule has 0 aliphatic heterocycles. The molecule has 0 bridgehead atoms. The molecule has 0 spiro atoms. The molecule has 0 amide bonds. The zero-order chi connectivity index (χ0) is 18.5. The summed E-state index contributed by atoms with van der Waals surface area (Å²) >= 11 is 1.60. The number of nitrogens with zero attached hydrogens (tertiary/aromatic N) is 4. The van der Waals surface area contributed by atoms with Gasteiger partial charge in [-0.25, -0.2) is 4.98 Å². The van der Waals surface area contributed by atoms with Crippen molar-refractivity contribution in [3.8, 4) is 11.4 Å². The highest BCUT2D eigenvalue weighted by Crippen LogP contribution is 2.23. The number of benzene rings is 2. The third kappa shape index (κ3) is 4.28. The van der Waals surface area contributed by atoms with Gasteiger partial charge in [0.25, 0.3) is 0 Å². The molecule has 0 fully saturated rings. The van der Waals surface area contributed by atoms with Crippen LogP contribution in [0.25, 0.3) is 11.4 Å². The summed E-state index contributed by atoms with van der Waals surface area (Å²) in [5.74, 6) is 1.82. The Morgan fingerprint density at radius 2 is 1.81 bits per heavy atom. The van der Waals surface area contributed by atoms with Gasteiger partial charge in [0.2, 0.25) is 11.7 Å². The molecular weight excluding hydrogens is 356 g/mol. The van der Waals surface area contributed by atoms with E-state index in [2.05, 4.69) is 50.9 Å². The predicted octanol–water partition coefficient (Wildman–Crippen LogP) is 4.84. The Morgan fingerprint density at radius 1 is 1.00 bits per heavy atom. The van der Waals surface area contributed by atoms with Crippen LogP contribution in [0.4, 0.5) is 0 Å². The lowest BCUT2D eigenvalue weighted by atomic mass is 10.1. The summed E-state index contributed by atoms with van der Waals surface area (Å²) in [7, 11) is 0. The number of imidazole rings is 1. The van der Waals surface area contributed by atoms with Crippen molar-refractivity contribution in [3.63, 3.8) is 0 Å². The third-order valence-electron chi connectivity index (χ3n) is 4.29. The molecule has 0 aliphatic rings. The van der Waals surface area contributed by atoms with Crippen LogP contribution in [-0.2, 0) is 18.7 Å². The molecule has 0 unspecified atom stereocenters. The maximum absolute atomic E-state index is 5.41. The Labute approximate surface area is 162 Å². The summed E-state index contributed by atoms with van der Waals surface area (Å²) < 4.78 is 7.54. The number of rotatable bonds is 7. The first-order valence-electron chi connectivity index (χ1n) is 8.91. The van der Waals surface area contributed by atoms with Crippen LogP contribution in [0.3, 0.4) is 0 Å². The minimum atomic E-state index is 0.589. The largest absolute Gasteiger partial charge is 0.338 e. The molecule has 27 heavy (non-hydrogen) atoms. The van der Waals surface area contributed by atoms with E-state index in [0.717, 1.165) is 23.7 Å². The highest BCUT2D eigenvalue weighted by molar-refractivity contribution is 7.98. The van der Waals surface area contributed by atoms with Gasteiger partial charge in [-0.1, -0.05) is 78.4 Å². The second-order valence-corrected chi connectivity index (χ2v) is 7.12. The van der Waals surface area contributed by atoms with E-state index in [9.17, 15) is 0 Å². The van der Waals surface area contributed by atoms with Crippen LogP contribution in [0.1, 0.15) is 23.9 Å². The van der Waals surface area contributed by atoms with Gasteiger partial charge in [-0.15, -0.1) is 0 Å². The lowest BCUT2D eigenvalue weighted by molar-refractivity contribution is 0.391. The summed E-state index contributed by atoms with van der Waals surface area (Å²) in [6, 6.07) is 18.6. The Hall–Kier alpha value is -2.86. The topological polar surface area (TPSA) is 56.7 Å². The van der Waals surface area contributed by atoms with Crippen LogP contribution >= 0.6 is 11.8 Å². The van der Waals surface area contributed by atoms with Crippen LogP contribution in [0, 0.1) is 0 Å². The van der Waals surface area contributed by atoms with E-state index >= 15 is 0 Å². The standard InChI is InChI=1S/C21H20N4OS/c1-2-16-8-10-18(11-9-16)20-23-19(26-24-20)15-27-21-22-12-13-25(21)14-17-6-4-3-5-7-17/h3-13H,2,14-15H2,1H3. The van der Waals surface area contributed by atoms with E-state index < -0.39 is 0 Å². The Morgan fingerprint density at radius 3 is 2.59 bits per heavy atom. The summed E-state index contributed by atoms with van der Waals surface area (Å²) in [6.07, 6.45) is 4.83. The molecule has 0 saturated heterocycles. The third-order valence-corrected chi connectivity index (χ3v) is 5.28. The molecule has 0 radical (unpaired) electrons. The van der Waals surface area contributed by atoms with E-state index in [-0.39, 0.29) is 0 Å². The van der Waals surface area contributed by atoms with Gasteiger partial charge < -0.3 is 9.09 Å². The SMILES string of the molecule is CCc1ccc(-c2noc(CSc3nccn3Cc3ccccc3)n2)cc1. The molecule has 136 valence electrons. The average molecular weight is 376 g/mol. The van der Waals surface area contributed by atoms with Crippen molar-refractivity contribution >= 4 is 11.8 Å². The molecule has 2 aromatic heterocycles. The van der Waals surface area contributed by atoms with Crippen molar-refractivity contribution in [2.75, 3.05) is 0 Å². The van der Waals surface area contributed by atoms with Gasteiger partial charge in [0.05, 0.1) is 5.75 Å². The predicted molar refractivity (Wildman–Crippen MR) is 106 cm³/mol. The van der Waals surface area contributed by atoms with Gasteiger partial charge in [0.15, 0.2) is 5.16 Å². The van der Waals surface area contributed by atoms with Crippen molar-refractivity contribution in [2.45, 2.75) is 30.8 Å². The second-order valence-electron chi connectivity index (χ2n) is 6.17. The lowest BCUT2D eigenvalue weighted by Gasteiger charge is -2.06. The molecule has 0 saturated carbocycles. The maximum Gasteiger partial charge on any atom is 0.237 e. The summed E-state index contributed by atoms with van der Waals surface area (Å²) in [4.78, 5) is 8.96. The fourth-order valence-electron chi connectivity index (χ4n) is 2.78. The Kier molecular flexibility index (Phi) is 5.34. The Balaban J connectivity index is 1.41. The van der Waals surface area contributed by atoms with Gasteiger partial charge in [-0.3, -0.25) is 0 Å². The number of aryl methyl sites for hydroxylation is 1. The molecule has 2 aromatic carbocycles. The monoisotopic (exact) mass is 376 g/mol. The molecule has 5 nitrogen and oxygen atoms in total. The zero-order valence-corrected chi connectivity index (χ0v) is 15.9. The van der Waals surface area contributed by atoms with Gasteiger partial charge in [-0.05, 0) is 17.5 Å². The summed E-state index contributed by atoms with van der Waals surface area (Å²) in [5.41, 5.74) is 3.51. The van der Waals surface area contributed by atoms with Crippen molar-refractivity contribution in [3.05, 3.63) is 84.0 Å². The van der Waals surface area contributed by atoms with Crippen LogP contribution in [0.5, 0.6) is 0 Å². The van der Waals surface area contributed by atoms with E-state index in [1.54, 1.807) is 11.8 Å². The van der Waals surface area contributed by atoms with E-state index in [1.165, 1.54) is 11.1 Å². The molecule has 2 heterocycles. The first kappa shape index (κ1) is 17.5. The van der Waals surface area contributed by atoms with Crippen LogP contribution in [0.15, 0.2) is 76.7 Å². The Bertz CT molecular complexity index is 992. The molecule has 4 aromatic rings. The van der Waals surface area contributed by atoms with Gasteiger partial charge in [-0.2, -0.15) is 4.98 Å². The minimum absolute atomic E-state index is 0.589. The molecule has 0 aliphatic carbocycles.